The summed E-state index contributed by atoms with van der Waals surface area (Å²) in [6.45, 7) is 0.0766. The van der Waals surface area contributed by atoms with Gasteiger partial charge in [0.1, 0.15) is 6.61 Å². The van der Waals surface area contributed by atoms with Crippen molar-refractivity contribution < 1.29 is 17.9 Å². The summed E-state index contributed by atoms with van der Waals surface area (Å²) in [4.78, 5) is 6.75. The van der Waals surface area contributed by atoms with Crippen molar-refractivity contribution in [3.8, 4) is 5.88 Å². The molecular weight excluding hydrogens is 339 g/mol. The molecule has 0 unspecified atom stereocenters. The number of anilines is 1. The number of hydrogen-bond acceptors (Lipinski definition) is 4. The third-order valence-electron chi connectivity index (χ3n) is 2.29. The van der Waals surface area contributed by atoms with Crippen LogP contribution in [0.1, 0.15) is 11.3 Å². The molecule has 1 heterocycles. The van der Waals surface area contributed by atoms with Gasteiger partial charge in [-0.25, -0.2) is 4.98 Å². The smallest absolute Gasteiger partial charge is 0.433 e. The molecule has 4 nitrogen and oxygen atoms in total. The van der Waals surface area contributed by atoms with Crippen molar-refractivity contribution in [2.24, 2.45) is 0 Å². The van der Waals surface area contributed by atoms with Gasteiger partial charge in [0.15, 0.2) is 5.69 Å². The summed E-state index contributed by atoms with van der Waals surface area (Å²) in [6, 6.07) is 7.90. The minimum absolute atomic E-state index is 0.0766. The van der Waals surface area contributed by atoms with Crippen LogP contribution in [0.5, 0.6) is 5.88 Å². The van der Waals surface area contributed by atoms with E-state index in [-0.39, 0.29) is 12.5 Å². The van der Waals surface area contributed by atoms with E-state index in [1.54, 1.807) is 18.2 Å². The number of aromatic nitrogens is 2. The van der Waals surface area contributed by atoms with Gasteiger partial charge in [0.25, 0.3) is 0 Å². The molecule has 0 spiro atoms. The molecule has 8 heteroatoms. The van der Waals surface area contributed by atoms with Crippen LogP contribution in [0.15, 0.2) is 34.8 Å². The maximum atomic E-state index is 12.6. The highest BCUT2D eigenvalue weighted by atomic mass is 79.9. The number of nitrogens with zero attached hydrogens (tertiary/aromatic N) is 2. The molecule has 0 aliphatic rings. The Kier molecular flexibility index (Phi) is 4.12. The Labute approximate surface area is 120 Å². The van der Waals surface area contributed by atoms with Crippen molar-refractivity contribution in [1.82, 2.24) is 9.97 Å². The van der Waals surface area contributed by atoms with E-state index in [0.29, 0.717) is 6.07 Å². The van der Waals surface area contributed by atoms with Crippen LogP contribution in [0.2, 0.25) is 0 Å². The number of nitrogen functional groups attached to an aromatic ring is 1. The number of hydrogen-bond donors (Lipinski definition) is 1. The minimum Gasteiger partial charge on any atom is -0.473 e. The summed E-state index contributed by atoms with van der Waals surface area (Å²) in [5.74, 6) is -0.700. The van der Waals surface area contributed by atoms with Crippen molar-refractivity contribution in [3.05, 3.63) is 46.1 Å². The van der Waals surface area contributed by atoms with Crippen LogP contribution >= 0.6 is 15.9 Å². The third-order valence-corrected chi connectivity index (χ3v) is 2.78. The zero-order chi connectivity index (χ0) is 14.8. The van der Waals surface area contributed by atoms with Gasteiger partial charge in [-0.3, -0.25) is 0 Å². The average molecular weight is 348 g/mol. The first-order chi connectivity index (χ1) is 9.34. The van der Waals surface area contributed by atoms with E-state index in [1.165, 1.54) is 0 Å². The zero-order valence-electron chi connectivity index (χ0n) is 9.99. The Morgan fingerprint density at radius 2 is 1.95 bits per heavy atom. The molecule has 0 aliphatic carbocycles. The Hall–Kier alpha value is -1.83. The molecule has 0 radical (unpaired) electrons. The van der Waals surface area contributed by atoms with Gasteiger partial charge in [-0.05, 0) is 17.7 Å². The minimum atomic E-state index is -4.59. The maximum Gasteiger partial charge on any atom is 0.433 e. The van der Waals surface area contributed by atoms with Gasteiger partial charge in [-0.2, -0.15) is 18.2 Å². The average Bonchev–Trinajstić information content (AvgIpc) is 2.35. The molecule has 0 atom stereocenters. The van der Waals surface area contributed by atoms with E-state index in [9.17, 15) is 13.2 Å². The third kappa shape index (κ3) is 3.83. The summed E-state index contributed by atoms with van der Waals surface area (Å²) < 4.78 is 43.7. The number of ether oxygens (including phenoxy) is 1. The van der Waals surface area contributed by atoms with E-state index in [1.807, 2.05) is 6.07 Å². The molecule has 2 rings (SSSR count). The predicted molar refractivity (Wildman–Crippen MR) is 69.9 cm³/mol. The number of alkyl halides is 3. The van der Waals surface area contributed by atoms with Gasteiger partial charge in [-0.15, -0.1) is 0 Å². The molecule has 0 amide bonds. The van der Waals surface area contributed by atoms with Crippen molar-refractivity contribution in [1.29, 1.82) is 0 Å². The first-order valence-electron chi connectivity index (χ1n) is 5.43. The van der Waals surface area contributed by atoms with Crippen molar-refractivity contribution in [2.45, 2.75) is 12.8 Å². The molecule has 106 valence electrons. The molecule has 0 aliphatic heterocycles. The van der Waals surface area contributed by atoms with E-state index in [2.05, 4.69) is 25.9 Å². The highest BCUT2D eigenvalue weighted by Crippen LogP contribution is 2.30. The first kappa shape index (κ1) is 14.6. The van der Waals surface area contributed by atoms with Gasteiger partial charge >= 0.3 is 6.18 Å². The largest absolute Gasteiger partial charge is 0.473 e. The van der Waals surface area contributed by atoms with Crippen molar-refractivity contribution >= 4 is 21.9 Å². The molecular formula is C12H9BrF3N3O. The second-order valence-corrected chi connectivity index (χ2v) is 4.78. The molecule has 20 heavy (non-hydrogen) atoms. The van der Waals surface area contributed by atoms with Crippen LogP contribution in [0.25, 0.3) is 0 Å². The molecule has 2 N–H and O–H groups in total. The first-order valence-corrected chi connectivity index (χ1v) is 6.23. The summed E-state index contributed by atoms with van der Waals surface area (Å²) >= 11 is 3.29. The van der Waals surface area contributed by atoms with Gasteiger partial charge in [-0.1, -0.05) is 28.1 Å². The molecule has 0 fully saturated rings. The fourth-order valence-electron chi connectivity index (χ4n) is 1.45. The Balaban J connectivity index is 2.16. The Morgan fingerprint density at radius 1 is 1.20 bits per heavy atom. The highest BCUT2D eigenvalue weighted by molar-refractivity contribution is 9.10. The molecule has 0 saturated heterocycles. The van der Waals surface area contributed by atoms with Gasteiger partial charge < -0.3 is 10.5 Å². The van der Waals surface area contributed by atoms with Crippen LogP contribution in [0.4, 0.5) is 19.1 Å². The Bertz CT molecular complexity index is 619. The van der Waals surface area contributed by atoms with Gasteiger partial charge in [0, 0.05) is 10.5 Å². The molecule has 0 saturated carbocycles. The van der Waals surface area contributed by atoms with Crippen molar-refractivity contribution in [3.63, 3.8) is 0 Å². The summed E-state index contributed by atoms with van der Waals surface area (Å²) in [6.07, 6.45) is -4.59. The van der Waals surface area contributed by atoms with E-state index < -0.39 is 17.8 Å². The lowest BCUT2D eigenvalue weighted by atomic mass is 10.2. The molecule has 1 aromatic carbocycles. The predicted octanol–water partition coefficient (Wildman–Crippen LogP) is 3.42. The van der Waals surface area contributed by atoms with Crippen LogP contribution in [0, 0.1) is 0 Å². The fraction of sp³-hybridized carbons (Fsp3) is 0.167. The SMILES string of the molecule is Nc1nc(OCc2cccc(Br)c2)cc(C(F)(F)F)n1. The molecule has 2 aromatic rings. The second-order valence-electron chi connectivity index (χ2n) is 3.87. The van der Waals surface area contributed by atoms with Crippen LogP contribution < -0.4 is 10.5 Å². The van der Waals surface area contributed by atoms with Gasteiger partial charge in [0.2, 0.25) is 11.8 Å². The summed E-state index contributed by atoms with van der Waals surface area (Å²) in [5, 5.41) is 0. The lowest BCUT2D eigenvalue weighted by Crippen LogP contribution is -2.11. The second kappa shape index (κ2) is 5.66. The van der Waals surface area contributed by atoms with Crippen LogP contribution in [-0.4, -0.2) is 9.97 Å². The number of halogens is 4. The quantitative estimate of drug-likeness (QED) is 0.923. The van der Waals surface area contributed by atoms with Crippen molar-refractivity contribution in [2.75, 3.05) is 5.73 Å². The fourth-order valence-corrected chi connectivity index (χ4v) is 1.89. The van der Waals surface area contributed by atoms with E-state index in [0.717, 1.165) is 10.0 Å². The number of nitrogens with two attached hydrogens (primary N) is 1. The standard InChI is InChI=1S/C12H9BrF3N3O/c13-8-3-1-2-7(4-8)6-20-10-5-9(12(14,15)16)18-11(17)19-10/h1-5H,6H2,(H2,17,18,19). The highest BCUT2D eigenvalue weighted by Gasteiger charge is 2.33. The lowest BCUT2D eigenvalue weighted by molar-refractivity contribution is -0.141. The van der Waals surface area contributed by atoms with E-state index >= 15 is 0 Å². The monoisotopic (exact) mass is 347 g/mol. The van der Waals surface area contributed by atoms with E-state index in [4.69, 9.17) is 10.5 Å². The topological polar surface area (TPSA) is 61.0 Å². The van der Waals surface area contributed by atoms with Crippen LogP contribution in [0.3, 0.4) is 0 Å². The summed E-state index contributed by atoms with van der Waals surface area (Å²) in [7, 11) is 0. The maximum absolute atomic E-state index is 12.6. The molecule has 0 bridgehead atoms. The molecule has 1 aromatic heterocycles. The van der Waals surface area contributed by atoms with Gasteiger partial charge in [0.05, 0.1) is 0 Å². The lowest BCUT2D eigenvalue weighted by Gasteiger charge is -2.10. The number of benzene rings is 1. The summed E-state index contributed by atoms with van der Waals surface area (Å²) in [5.41, 5.74) is 4.89. The number of rotatable bonds is 3. The van der Waals surface area contributed by atoms with Crippen LogP contribution in [-0.2, 0) is 12.8 Å². The zero-order valence-corrected chi connectivity index (χ0v) is 11.6. The normalized spacial score (nSPS) is 11.4. The Morgan fingerprint density at radius 3 is 2.60 bits per heavy atom.